The SMILES string of the molecule is Clc1ccc(N2CCC(OCCBr)CC2)nc1. The van der Waals surface area contributed by atoms with Crippen LogP contribution in [0.2, 0.25) is 5.02 Å². The highest BCUT2D eigenvalue weighted by molar-refractivity contribution is 9.09. The number of alkyl halides is 1. The van der Waals surface area contributed by atoms with Crippen molar-refractivity contribution in [2.24, 2.45) is 0 Å². The number of hydrogen-bond donors (Lipinski definition) is 0. The van der Waals surface area contributed by atoms with Gasteiger partial charge in [0.15, 0.2) is 0 Å². The van der Waals surface area contributed by atoms with Crippen molar-refractivity contribution in [3.8, 4) is 0 Å². The summed E-state index contributed by atoms with van der Waals surface area (Å²) < 4.78 is 5.72. The molecule has 0 saturated carbocycles. The van der Waals surface area contributed by atoms with Crippen molar-refractivity contribution in [1.29, 1.82) is 0 Å². The average Bonchev–Trinajstić information content (AvgIpc) is 2.38. The van der Waals surface area contributed by atoms with Crippen molar-refractivity contribution in [3.05, 3.63) is 23.4 Å². The van der Waals surface area contributed by atoms with Gasteiger partial charge in [0.2, 0.25) is 0 Å². The van der Waals surface area contributed by atoms with E-state index in [0.717, 1.165) is 43.7 Å². The number of rotatable bonds is 4. The van der Waals surface area contributed by atoms with Gasteiger partial charge in [0, 0.05) is 24.6 Å². The first-order valence-electron chi connectivity index (χ1n) is 5.83. The molecule has 17 heavy (non-hydrogen) atoms. The maximum absolute atomic E-state index is 5.83. The Kier molecular flexibility index (Phi) is 5.07. The number of anilines is 1. The molecule has 0 aliphatic carbocycles. The minimum atomic E-state index is 0.399. The van der Waals surface area contributed by atoms with Crippen LogP contribution in [0.5, 0.6) is 0 Å². The maximum Gasteiger partial charge on any atom is 0.128 e. The Morgan fingerprint density at radius 1 is 1.41 bits per heavy atom. The molecule has 0 amide bonds. The number of halogens is 2. The zero-order valence-electron chi connectivity index (χ0n) is 9.61. The maximum atomic E-state index is 5.83. The van der Waals surface area contributed by atoms with E-state index in [0.29, 0.717) is 11.1 Å². The largest absolute Gasteiger partial charge is 0.377 e. The van der Waals surface area contributed by atoms with Crippen LogP contribution in [-0.2, 0) is 4.74 Å². The zero-order valence-corrected chi connectivity index (χ0v) is 12.0. The molecule has 3 nitrogen and oxygen atoms in total. The molecule has 1 fully saturated rings. The van der Waals surface area contributed by atoms with Crippen molar-refractivity contribution >= 4 is 33.3 Å². The smallest absolute Gasteiger partial charge is 0.128 e. The Bertz CT molecular complexity index is 339. The highest BCUT2D eigenvalue weighted by atomic mass is 79.9. The van der Waals surface area contributed by atoms with Gasteiger partial charge < -0.3 is 9.64 Å². The van der Waals surface area contributed by atoms with Crippen LogP contribution in [0.1, 0.15) is 12.8 Å². The van der Waals surface area contributed by atoms with E-state index in [2.05, 4.69) is 25.8 Å². The molecule has 0 N–H and O–H groups in total. The first-order valence-corrected chi connectivity index (χ1v) is 7.33. The van der Waals surface area contributed by atoms with Crippen LogP contribution in [0.3, 0.4) is 0 Å². The Morgan fingerprint density at radius 2 is 2.18 bits per heavy atom. The summed E-state index contributed by atoms with van der Waals surface area (Å²) in [6.45, 7) is 2.80. The fraction of sp³-hybridized carbons (Fsp3) is 0.583. The van der Waals surface area contributed by atoms with Crippen LogP contribution in [0.4, 0.5) is 5.82 Å². The van der Waals surface area contributed by atoms with Crippen LogP contribution < -0.4 is 4.90 Å². The monoisotopic (exact) mass is 318 g/mol. The van der Waals surface area contributed by atoms with Gasteiger partial charge in [-0.2, -0.15) is 0 Å². The second-order valence-electron chi connectivity index (χ2n) is 4.08. The fourth-order valence-electron chi connectivity index (χ4n) is 2.02. The van der Waals surface area contributed by atoms with Gasteiger partial charge in [-0.1, -0.05) is 27.5 Å². The quantitative estimate of drug-likeness (QED) is 0.797. The minimum absolute atomic E-state index is 0.399. The van der Waals surface area contributed by atoms with E-state index in [1.165, 1.54) is 0 Å². The number of pyridine rings is 1. The lowest BCUT2D eigenvalue weighted by molar-refractivity contribution is 0.0480. The van der Waals surface area contributed by atoms with Crippen molar-refractivity contribution in [2.45, 2.75) is 18.9 Å². The zero-order chi connectivity index (χ0) is 12.1. The lowest BCUT2D eigenvalue weighted by atomic mass is 10.1. The Balaban J connectivity index is 1.84. The second kappa shape index (κ2) is 6.57. The molecule has 0 radical (unpaired) electrons. The third-order valence-electron chi connectivity index (χ3n) is 2.91. The van der Waals surface area contributed by atoms with E-state index in [1.807, 2.05) is 12.1 Å². The minimum Gasteiger partial charge on any atom is -0.377 e. The van der Waals surface area contributed by atoms with Gasteiger partial charge in [-0.05, 0) is 25.0 Å². The summed E-state index contributed by atoms with van der Waals surface area (Å²) in [6, 6.07) is 3.86. The van der Waals surface area contributed by atoms with E-state index < -0.39 is 0 Å². The molecule has 1 saturated heterocycles. The third kappa shape index (κ3) is 3.83. The number of piperidine rings is 1. The van der Waals surface area contributed by atoms with E-state index in [1.54, 1.807) is 6.20 Å². The van der Waals surface area contributed by atoms with Gasteiger partial charge in [-0.15, -0.1) is 0 Å². The molecule has 2 heterocycles. The lowest BCUT2D eigenvalue weighted by Crippen LogP contribution is -2.37. The normalized spacial score (nSPS) is 17.4. The third-order valence-corrected chi connectivity index (χ3v) is 3.46. The lowest BCUT2D eigenvalue weighted by Gasteiger charge is -2.32. The first-order chi connectivity index (χ1) is 8.29. The molecule has 0 atom stereocenters. The van der Waals surface area contributed by atoms with Crippen LogP contribution in [-0.4, -0.2) is 36.1 Å². The van der Waals surface area contributed by atoms with E-state index in [9.17, 15) is 0 Å². The summed E-state index contributed by atoms with van der Waals surface area (Å²) in [5.74, 6) is 1.01. The van der Waals surface area contributed by atoms with Gasteiger partial charge in [-0.25, -0.2) is 4.98 Å². The van der Waals surface area contributed by atoms with E-state index in [4.69, 9.17) is 16.3 Å². The summed E-state index contributed by atoms with van der Waals surface area (Å²) in [5, 5.41) is 1.59. The van der Waals surface area contributed by atoms with Gasteiger partial charge >= 0.3 is 0 Å². The molecule has 1 aliphatic rings. The molecule has 94 valence electrons. The number of hydrogen-bond acceptors (Lipinski definition) is 3. The average molecular weight is 320 g/mol. The van der Waals surface area contributed by atoms with Gasteiger partial charge in [0.25, 0.3) is 0 Å². The molecule has 5 heteroatoms. The van der Waals surface area contributed by atoms with E-state index in [-0.39, 0.29) is 0 Å². The summed E-state index contributed by atoms with van der Waals surface area (Å²) in [5.41, 5.74) is 0. The molecular weight excluding hydrogens is 304 g/mol. The van der Waals surface area contributed by atoms with Gasteiger partial charge in [0.05, 0.1) is 17.7 Å². The predicted molar refractivity (Wildman–Crippen MR) is 74.2 cm³/mol. The number of aromatic nitrogens is 1. The molecule has 0 spiro atoms. The van der Waals surface area contributed by atoms with Crippen molar-refractivity contribution in [2.75, 3.05) is 29.9 Å². The Labute approximate surface area is 115 Å². The first kappa shape index (κ1) is 13.1. The van der Waals surface area contributed by atoms with Crippen LogP contribution in [0.15, 0.2) is 18.3 Å². The number of nitrogens with zero attached hydrogens (tertiary/aromatic N) is 2. The van der Waals surface area contributed by atoms with Crippen LogP contribution in [0, 0.1) is 0 Å². The van der Waals surface area contributed by atoms with Crippen molar-refractivity contribution in [1.82, 2.24) is 4.98 Å². The van der Waals surface area contributed by atoms with Gasteiger partial charge in [-0.3, -0.25) is 0 Å². The van der Waals surface area contributed by atoms with Gasteiger partial charge in [0.1, 0.15) is 5.82 Å². The highest BCUT2D eigenvalue weighted by Crippen LogP contribution is 2.20. The molecule has 0 unspecified atom stereocenters. The molecule has 0 bridgehead atoms. The summed E-state index contributed by atoms with van der Waals surface area (Å²) in [7, 11) is 0. The predicted octanol–water partition coefficient (Wildman–Crippen LogP) is 3.12. The Morgan fingerprint density at radius 3 is 2.76 bits per heavy atom. The fourth-order valence-corrected chi connectivity index (χ4v) is 2.32. The topological polar surface area (TPSA) is 25.4 Å². The molecular formula is C12H16BrClN2O. The second-order valence-corrected chi connectivity index (χ2v) is 5.31. The molecule has 1 aromatic rings. The highest BCUT2D eigenvalue weighted by Gasteiger charge is 2.20. The Hall–Kier alpha value is -0.320. The molecule has 0 aromatic carbocycles. The molecule has 1 aliphatic heterocycles. The summed E-state index contributed by atoms with van der Waals surface area (Å²) in [4.78, 5) is 6.62. The van der Waals surface area contributed by atoms with Crippen LogP contribution >= 0.6 is 27.5 Å². The standard InChI is InChI=1S/C12H16BrClN2O/c13-5-8-17-11-3-6-16(7-4-11)12-2-1-10(14)9-15-12/h1-2,9,11H,3-8H2. The summed E-state index contributed by atoms with van der Waals surface area (Å²) >= 11 is 9.20. The van der Waals surface area contributed by atoms with Crippen molar-refractivity contribution < 1.29 is 4.74 Å². The van der Waals surface area contributed by atoms with Crippen molar-refractivity contribution in [3.63, 3.8) is 0 Å². The van der Waals surface area contributed by atoms with Crippen LogP contribution in [0.25, 0.3) is 0 Å². The molecule has 2 rings (SSSR count). The summed E-state index contributed by atoms with van der Waals surface area (Å²) in [6.07, 6.45) is 4.23. The molecule has 1 aromatic heterocycles. The van der Waals surface area contributed by atoms with E-state index >= 15 is 0 Å². The number of ether oxygens (including phenoxy) is 1.